The summed E-state index contributed by atoms with van der Waals surface area (Å²) in [6.07, 6.45) is 0. The summed E-state index contributed by atoms with van der Waals surface area (Å²) in [6, 6.07) is 5.49. The third-order valence-electron chi connectivity index (χ3n) is 2.54. The van der Waals surface area contributed by atoms with Crippen molar-refractivity contribution < 1.29 is 24.5 Å². The van der Waals surface area contributed by atoms with Crippen molar-refractivity contribution >= 4 is 28.9 Å². The Labute approximate surface area is 118 Å². The number of carbonyl (C=O) groups excluding carboxylic acids is 1. The summed E-state index contributed by atoms with van der Waals surface area (Å²) in [4.78, 5) is 23.3. The molecule has 0 bridgehead atoms. The summed E-state index contributed by atoms with van der Waals surface area (Å²) in [7, 11) is 1.46. The van der Waals surface area contributed by atoms with Crippen LogP contribution in [0, 0.1) is 0 Å². The van der Waals surface area contributed by atoms with E-state index in [-0.39, 0.29) is 17.0 Å². The molecule has 0 aliphatic rings. The van der Waals surface area contributed by atoms with Crippen molar-refractivity contribution in [3.05, 3.63) is 40.1 Å². The standard InChI is InChI=1S/C13H11NO5S/c1-19-10-4-5-20-11(10)12(16)14-7-2-3-9(15)8(6-7)13(17)18/h2-6,15H,1H3,(H,14,16)(H,17,18). The van der Waals surface area contributed by atoms with E-state index in [0.29, 0.717) is 10.6 Å². The molecule has 20 heavy (non-hydrogen) atoms. The molecule has 104 valence electrons. The Morgan fingerprint density at radius 1 is 1.30 bits per heavy atom. The predicted molar refractivity (Wildman–Crippen MR) is 73.9 cm³/mol. The monoisotopic (exact) mass is 293 g/mol. The highest BCUT2D eigenvalue weighted by molar-refractivity contribution is 7.12. The fraction of sp³-hybridized carbons (Fsp3) is 0.0769. The number of ether oxygens (including phenoxy) is 1. The molecule has 0 radical (unpaired) electrons. The summed E-state index contributed by atoms with van der Waals surface area (Å²) in [5.41, 5.74) is 0.00148. The molecule has 6 nitrogen and oxygen atoms in total. The van der Waals surface area contributed by atoms with E-state index in [0.717, 1.165) is 0 Å². The average molecular weight is 293 g/mol. The highest BCUT2D eigenvalue weighted by atomic mass is 32.1. The maximum Gasteiger partial charge on any atom is 0.339 e. The number of phenols is 1. The van der Waals surface area contributed by atoms with Crippen molar-refractivity contribution in [2.45, 2.75) is 0 Å². The first-order valence-electron chi connectivity index (χ1n) is 5.52. The lowest BCUT2D eigenvalue weighted by Crippen LogP contribution is -2.11. The molecule has 0 spiro atoms. The van der Waals surface area contributed by atoms with Gasteiger partial charge in [-0.15, -0.1) is 11.3 Å². The zero-order chi connectivity index (χ0) is 14.7. The van der Waals surface area contributed by atoms with E-state index < -0.39 is 11.9 Å². The van der Waals surface area contributed by atoms with Gasteiger partial charge >= 0.3 is 5.97 Å². The largest absolute Gasteiger partial charge is 0.507 e. The topological polar surface area (TPSA) is 95.9 Å². The molecule has 1 amide bonds. The highest BCUT2D eigenvalue weighted by Crippen LogP contribution is 2.26. The Hall–Kier alpha value is -2.54. The average Bonchev–Trinajstić information content (AvgIpc) is 2.89. The van der Waals surface area contributed by atoms with Gasteiger partial charge in [0, 0.05) is 5.69 Å². The maximum absolute atomic E-state index is 12.0. The minimum absolute atomic E-state index is 0.277. The second-order valence-corrected chi connectivity index (χ2v) is 4.73. The van der Waals surface area contributed by atoms with Crippen LogP contribution in [0.5, 0.6) is 11.5 Å². The molecule has 1 aromatic heterocycles. The molecule has 1 aromatic carbocycles. The number of carboxylic acid groups (broad SMARTS) is 1. The first-order valence-corrected chi connectivity index (χ1v) is 6.40. The molecule has 7 heteroatoms. The molecule has 2 aromatic rings. The smallest absolute Gasteiger partial charge is 0.339 e. The fourth-order valence-electron chi connectivity index (χ4n) is 1.60. The molecule has 0 atom stereocenters. The van der Waals surface area contributed by atoms with Gasteiger partial charge in [-0.25, -0.2) is 4.79 Å². The van der Waals surface area contributed by atoms with Crippen molar-refractivity contribution in [3.63, 3.8) is 0 Å². The van der Waals surface area contributed by atoms with Gasteiger partial charge in [0.15, 0.2) is 0 Å². The number of aromatic hydroxyl groups is 1. The van der Waals surface area contributed by atoms with E-state index in [1.165, 1.54) is 36.6 Å². The van der Waals surface area contributed by atoms with E-state index in [1.807, 2.05) is 0 Å². The zero-order valence-electron chi connectivity index (χ0n) is 10.4. The quantitative estimate of drug-likeness (QED) is 0.752. The number of amides is 1. The molecule has 3 N–H and O–H groups in total. The number of rotatable bonds is 4. The minimum Gasteiger partial charge on any atom is -0.507 e. The third-order valence-corrected chi connectivity index (χ3v) is 3.43. The van der Waals surface area contributed by atoms with Gasteiger partial charge in [-0.05, 0) is 29.6 Å². The molecular formula is C13H11NO5S. The van der Waals surface area contributed by atoms with Crippen LogP contribution >= 0.6 is 11.3 Å². The Morgan fingerprint density at radius 3 is 2.70 bits per heavy atom. The van der Waals surface area contributed by atoms with Gasteiger partial charge in [-0.3, -0.25) is 4.79 Å². The summed E-state index contributed by atoms with van der Waals surface area (Å²) < 4.78 is 5.04. The molecule has 0 aliphatic carbocycles. The summed E-state index contributed by atoms with van der Waals surface area (Å²) in [6.45, 7) is 0. The molecule has 0 aliphatic heterocycles. The van der Waals surface area contributed by atoms with Crippen molar-refractivity contribution in [1.82, 2.24) is 0 Å². The SMILES string of the molecule is COc1ccsc1C(=O)Nc1ccc(O)c(C(=O)O)c1. The van der Waals surface area contributed by atoms with Crippen LogP contribution in [0.15, 0.2) is 29.6 Å². The number of thiophene rings is 1. The van der Waals surface area contributed by atoms with Crippen molar-refractivity contribution in [1.29, 1.82) is 0 Å². The zero-order valence-corrected chi connectivity index (χ0v) is 11.2. The lowest BCUT2D eigenvalue weighted by Gasteiger charge is -2.07. The lowest BCUT2D eigenvalue weighted by atomic mass is 10.2. The van der Waals surface area contributed by atoms with E-state index in [4.69, 9.17) is 9.84 Å². The predicted octanol–water partition coefficient (Wildman–Crippen LogP) is 2.41. The first-order chi connectivity index (χ1) is 9.52. The number of hydrogen-bond acceptors (Lipinski definition) is 5. The van der Waals surface area contributed by atoms with E-state index >= 15 is 0 Å². The van der Waals surface area contributed by atoms with Gasteiger partial charge in [-0.1, -0.05) is 0 Å². The van der Waals surface area contributed by atoms with E-state index in [1.54, 1.807) is 11.4 Å². The summed E-state index contributed by atoms with van der Waals surface area (Å²) in [5.74, 6) is -1.58. The second-order valence-electron chi connectivity index (χ2n) is 3.81. The van der Waals surface area contributed by atoms with Crippen molar-refractivity contribution in [3.8, 4) is 11.5 Å². The van der Waals surface area contributed by atoms with Crippen LogP contribution in [0.4, 0.5) is 5.69 Å². The molecule has 0 saturated heterocycles. The number of anilines is 1. The van der Waals surface area contributed by atoms with Gasteiger partial charge in [0.25, 0.3) is 5.91 Å². The number of carbonyl (C=O) groups is 2. The first kappa shape index (κ1) is 13.9. The van der Waals surface area contributed by atoms with Crippen LogP contribution in [-0.2, 0) is 0 Å². The van der Waals surface area contributed by atoms with Crippen LogP contribution in [0.3, 0.4) is 0 Å². The number of hydrogen-bond donors (Lipinski definition) is 3. The minimum atomic E-state index is -1.27. The third kappa shape index (κ3) is 2.72. The maximum atomic E-state index is 12.0. The van der Waals surface area contributed by atoms with Gasteiger partial charge in [0.05, 0.1) is 7.11 Å². The van der Waals surface area contributed by atoms with E-state index in [9.17, 15) is 14.7 Å². The molecule has 0 unspecified atom stereocenters. The Bertz CT molecular complexity index is 665. The Balaban J connectivity index is 2.24. The molecule has 2 rings (SSSR count). The summed E-state index contributed by atoms with van der Waals surface area (Å²) in [5, 5.41) is 22.6. The number of nitrogens with one attached hydrogen (secondary N) is 1. The van der Waals surface area contributed by atoms with E-state index in [2.05, 4.69) is 5.32 Å². The fourth-order valence-corrected chi connectivity index (χ4v) is 2.35. The Kier molecular flexibility index (Phi) is 3.90. The number of methoxy groups -OCH3 is 1. The van der Waals surface area contributed by atoms with Gasteiger partial charge in [0.1, 0.15) is 21.9 Å². The molecule has 0 saturated carbocycles. The van der Waals surface area contributed by atoms with Gasteiger partial charge < -0.3 is 20.3 Å². The Morgan fingerprint density at radius 2 is 2.05 bits per heavy atom. The lowest BCUT2D eigenvalue weighted by molar-refractivity contribution is 0.0693. The highest BCUT2D eigenvalue weighted by Gasteiger charge is 2.16. The van der Waals surface area contributed by atoms with Gasteiger partial charge in [0.2, 0.25) is 0 Å². The van der Waals surface area contributed by atoms with Crippen LogP contribution in [0.1, 0.15) is 20.0 Å². The second kappa shape index (κ2) is 5.62. The molecular weight excluding hydrogens is 282 g/mol. The van der Waals surface area contributed by atoms with Crippen LogP contribution < -0.4 is 10.1 Å². The molecule has 0 fully saturated rings. The summed E-state index contributed by atoms with van der Waals surface area (Å²) >= 11 is 1.21. The van der Waals surface area contributed by atoms with Crippen LogP contribution in [0.2, 0.25) is 0 Å². The van der Waals surface area contributed by atoms with Crippen molar-refractivity contribution in [2.75, 3.05) is 12.4 Å². The van der Waals surface area contributed by atoms with Gasteiger partial charge in [-0.2, -0.15) is 0 Å². The number of benzene rings is 1. The van der Waals surface area contributed by atoms with Crippen LogP contribution in [0.25, 0.3) is 0 Å². The molecule has 1 heterocycles. The normalized spacial score (nSPS) is 10.1. The van der Waals surface area contributed by atoms with Crippen LogP contribution in [-0.4, -0.2) is 29.2 Å². The van der Waals surface area contributed by atoms with Crippen molar-refractivity contribution in [2.24, 2.45) is 0 Å². The number of carboxylic acids is 1. The number of aromatic carboxylic acids is 1.